The van der Waals surface area contributed by atoms with Crippen LogP contribution in [0.1, 0.15) is 40.1 Å². The minimum Gasteiger partial charge on any atom is -0.365 e. The van der Waals surface area contributed by atoms with E-state index >= 15 is 0 Å². The summed E-state index contributed by atoms with van der Waals surface area (Å²) in [4.78, 5) is 40.0. The number of ketones is 1. The number of carbonyl (C=O) groups is 2. The Morgan fingerprint density at radius 1 is 1.17 bits per heavy atom. The number of thiophene rings is 2. The number of halogens is 2. The smallest absolute Gasteiger partial charge is 0.287 e. The van der Waals surface area contributed by atoms with Crippen LogP contribution in [0.3, 0.4) is 0 Å². The lowest BCUT2D eigenvalue weighted by Gasteiger charge is -2.18. The van der Waals surface area contributed by atoms with Crippen molar-refractivity contribution in [1.82, 2.24) is 14.3 Å². The summed E-state index contributed by atoms with van der Waals surface area (Å²) in [6, 6.07) is 11.1. The summed E-state index contributed by atoms with van der Waals surface area (Å²) >= 11 is 8.67. The van der Waals surface area contributed by atoms with Crippen LogP contribution < -0.4 is 10.9 Å². The maximum Gasteiger partial charge on any atom is 0.287 e. The van der Waals surface area contributed by atoms with Gasteiger partial charge in [0.25, 0.3) is 11.5 Å². The molecule has 4 aromatic heterocycles. The van der Waals surface area contributed by atoms with Crippen molar-refractivity contribution in [2.75, 3.05) is 5.32 Å². The lowest BCUT2D eigenvalue weighted by molar-refractivity contribution is 0.0752. The fraction of sp³-hybridized carbons (Fsp3) is 0.250. The molecule has 0 radical (unpaired) electrons. The van der Waals surface area contributed by atoms with Crippen molar-refractivity contribution in [3.05, 3.63) is 78.1 Å². The van der Waals surface area contributed by atoms with Crippen LogP contribution in [0.25, 0.3) is 11.4 Å². The van der Waals surface area contributed by atoms with E-state index in [-0.39, 0.29) is 29.6 Å². The predicted molar refractivity (Wildman–Crippen MR) is 137 cm³/mol. The Balaban J connectivity index is 1.76. The molecule has 0 fully saturated rings. The van der Waals surface area contributed by atoms with Gasteiger partial charge in [0.05, 0.1) is 28.0 Å². The van der Waals surface area contributed by atoms with E-state index in [0.717, 1.165) is 15.5 Å². The van der Waals surface area contributed by atoms with E-state index < -0.39 is 16.8 Å². The maximum atomic E-state index is 14.2. The molecule has 0 spiro atoms. The van der Waals surface area contributed by atoms with Crippen LogP contribution >= 0.6 is 34.3 Å². The van der Waals surface area contributed by atoms with Gasteiger partial charge in [0.2, 0.25) is 0 Å². The lowest BCUT2D eigenvalue weighted by Crippen LogP contribution is -2.29. The second kappa shape index (κ2) is 9.88. The Morgan fingerprint density at radius 2 is 1.94 bits per heavy atom. The molecule has 7 nitrogen and oxygen atoms in total. The van der Waals surface area contributed by atoms with Gasteiger partial charge >= 0.3 is 0 Å². The Morgan fingerprint density at radius 3 is 2.57 bits per heavy atom. The van der Waals surface area contributed by atoms with Gasteiger partial charge in [-0.15, -0.1) is 22.7 Å². The highest BCUT2D eigenvalue weighted by Crippen LogP contribution is 2.27. The number of carbonyl (C=O) groups excluding carboxylic acids is 2. The molecule has 11 heteroatoms. The number of rotatable bonds is 7. The summed E-state index contributed by atoms with van der Waals surface area (Å²) in [6.45, 7) is 5.35. The van der Waals surface area contributed by atoms with Gasteiger partial charge < -0.3 is 5.32 Å². The summed E-state index contributed by atoms with van der Waals surface area (Å²) in [5.41, 5.74) is -1.20. The van der Waals surface area contributed by atoms with Crippen LogP contribution in [0.15, 0.2) is 52.6 Å². The van der Waals surface area contributed by atoms with Gasteiger partial charge in [0, 0.05) is 16.4 Å². The molecule has 4 heterocycles. The van der Waals surface area contributed by atoms with Crippen LogP contribution in [-0.2, 0) is 13.1 Å². The van der Waals surface area contributed by atoms with Crippen molar-refractivity contribution in [1.29, 1.82) is 0 Å². The first-order chi connectivity index (χ1) is 16.5. The Bertz CT molecular complexity index is 1450. The molecule has 4 aromatic rings. The lowest BCUT2D eigenvalue weighted by atomic mass is 9.96. The molecule has 182 valence electrons. The molecule has 0 aliphatic carbocycles. The van der Waals surface area contributed by atoms with Crippen LogP contribution in [0.2, 0.25) is 4.34 Å². The molecule has 0 amide bonds. The van der Waals surface area contributed by atoms with E-state index in [0.29, 0.717) is 21.6 Å². The van der Waals surface area contributed by atoms with Crippen molar-refractivity contribution in [3.63, 3.8) is 0 Å². The fourth-order valence-electron chi connectivity index (χ4n) is 3.32. The van der Waals surface area contributed by atoms with Crippen molar-refractivity contribution in [3.8, 4) is 11.4 Å². The zero-order valence-electron chi connectivity index (χ0n) is 19.2. The largest absolute Gasteiger partial charge is 0.365 e. The van der Waals surface area contributed by atoms with Gasteiger partial charge in [-0.3, -0.25) is 19.0 Å². The molecular weight excluding hydrogens is 511 g/mol. The second-order valence-corrected chi connectivity index (χ2v) is 11.5. The predicted octanol–water partition coefficient (Wildman–Crippen LogP) is 5.81. The highest BCUT2D eigenvalue weighted by Gasteiger charge is 2.28. The number of Topliss-reactive ketones (excluding diaryl/α,β-unsaturated/α-hetero) is 1. The summed E-state index contributed by atoms with van der Waals surface area (Å²) in [5, 5.41) is 9.41. The van der Waals surface area contributed by atoms with Gasteiger partial charge in [-0.2, -0.15) is 9.78 Å². The van der Waals surface area contributed by atoms with Crippen molar-refractivity contribution in [2.24, 2.45) is 5.41 Å². The first-order valence-corrected chi connectivity index (χ1v) is 12.7. The molecule has 0 unspecified atom stereocenters. The average Bonchev–Trinajstić information content (AvgIpc) is 3.55. The third-order valence-electron chi connectivity index (χ3n) is 5.10. The molecule has 0 bridgehead atoms. The Hall–Kier alpha value is -3.08. The zero-order valence-corrected chi connectivity index (χ0v) is 21.6. The highest BCUT2D eigenvalue weighted by molar-refractivity contribution is 7.16. The highest BCUT2D eigenvalue weighted by atomic mass is 35.5. The fourth-order valence-corrected chi connectivity index (χ4v) is 5.00. The molecule has 0 aliphatic rings. The molecule has 4 rings (SSSR count). The number of anilines is 1. The third-order valence-corrected chi connectivity index (χ3v) is 7.25. The molecule has 0 saturated heterocycles. The number of hydrogen-bond donors (Lipinski definition) is 1. The summed E-state index contributed by atoms with van der Waals surface area (Å²) in [7, 11) is 0. The standard InChI is InChI=1S/C24H22ClFN4O3S2/c1-24(2,3)23(33)30-21(27-12-14-6-9-20(25)35-14)11-16(28-30)17-8-7-15(26)22(32)29(17)13-18(31)19-5-4-10-34-19/h4-11,27H,12-13H2,1-3H3. The number of aromatic nitrogens is 3. The second-order valence-electron chi connectivity index (χ2n) is 8.80. The van der Waals surface area contributed by atoms with E-state index in [4.69, 9.17) is 11.6 Å². The van der Waals surface area contributed by atoms with E-state index in [2.05, 4.69) is 10.4 Å². The van der Waals surface area contributed by atoms with Gasteiger partial charge in [-0.05, 0) is 35.7 Å². The van der Waals surface area contributed by atoms with Gasteiger partial charge in [0.1, 0.15) is 11.5 Å². The van der Waals surface area contributed by atoms with Crippen molar-refractivity contribution < 1.29 is 14.0 Å². The zero-order chi connectivity index (χ0) is 25.3. The number of nitrogens with one attached hydrogen (secondary N) is 1. The number of hydrogen-bond acceptors (Lipinski definition) is 7. The SMILES string of the molecule is CC(C)(C)C(=O)n1nc(-c2ccc(F)c(=O)n2CC(=O)c2cccs2)cc1NCc1ccc(Cl)s1. The normalized spacial score (nSPS) is 11.6. The summed E-state index contributed by atoms with van der Waals surface area (Å²) in [5.74, 6) is -1.18. The first-order valence-electron chi connectivity index (χ1n) is 10.6. The van der Waals surface area contributed by atoms with Gasteiger partial charge in [0.15, 0.2) is 11.6 Å². The van der Waals surface area contributed by atoms with E-state index in [9.17, 15) is 18.8 Å². The summed E-state index contributed by atoms with van der Waals surface area (Å²) in [6.07, 6.45) is 0. The Kier molecular flexibility index (Phi) is 7.07. The first kappa shape index (κ1) is 25.0. The molecule has 0 aliphatic heterocycles. The topological polar surface area (TPSA) is 86.0 Å². The molecule has 35 heavy (non-hydrogen) atoms. The number of nitrogens with zero attached hydrogens (tertiary/aromatic N) is 3. The molecular formula is C24H22ClFN4O3S2. The van der Waals surface area contributed by atoms with Crippen LogP contribution in [0.5, 0.6) is 0 Å². The van der Waals surface area contributed by atoms with E-state index in [1.807, 2.05) is 6.07 Å². The molecule has 0 atom stereocenters. The van der Waals surface area contributed by atoms with Gasteiger partial charge in [-0.1, -0.05) is 38.4 Å². The monoisotopic (exact) mass is 532 g/mol. The third kappa shape index (κ3) is 5.44. The van der Waals surface area contributed by atoms with Crippen LogP contribution in [0, 0.1) is 11.2 Å². The molecule has 0 aromatic carbocycles. The molecule has 0 saturated carbocycles. The van der Waals surface area contributed by atoms with Crippen molar-refractivity contribution >= 4 is 51.8 Å². The minimum atomic E-state index is -0.981. The minimum absolute atomic E-state index is 0.226. The van der Waals surface area contributed by atoms with Crippen LogP contribution in [0.4, 0.5) is 10.2 Å². The maximum absolute atomic E-state index is 14.2. The Labute approximate surface area is 213 Å². The average molecular weight is 533 g/mol. The van der Waals surface area contributed by atoms with Crippen LogP contribution in [-0.4, -0.2) is 26.0 Å². The van der Waals surface area contributed by atoms with Gasteiger partial charge in [-0.25, -0.2) is 4.39 Å². The quantitative estimate of drug-likeness (QED) is 0.304. The van der Waals surface area contributed by atoms with E-state index in [1.54, 1.807) is 50.4 Å². The summed E-state index contributed by atoms with van der Waals surface area (Å²) < 4.78 is 17.1. The molecule has 1 N–H and O–H groups in total. The van der Waals surface area contributed by atoms with E-state index in [1.165, 1.54) is 33.4 Å². The van der Waals surface area contributed by atoms with Crippen molar-refractivity contribution in [2.45, 2.75) is 33.9 Å². The number of pyridine rings is 1.